The van der Waals surface area contributed by atoms with E-state index < -0.39 is 0 Å². The van der Waals surface area contributed by atoms with Crippen molar-refractivity contribution in [3.05, 3.63) is 0 Å². The number of aldehydes is 1. The van der Waals surface area contributed by atoms with Gasteiger partial charge < -0.3 is 14.4 Å². The molecule has 1 atom stereocenters. The summed E-state index contributed by atoms with van der Waals surface area (Å²) >= 11 is 1.76. The van der Waals surface area contributed by atoms with E-state index in [2.05, 4.69) is 0 Å². The molecule has 1 rings (SSSR count). The Morgan fingerprint density at radius 2 is 2.33 bits per heavy atom. The summed E-state index contributed by atoms with van der Waals surface area (Å²) < 4.78 is 4.73. The first-order chi connectivity index (χ1) is 5.46. The number of amides is 1. The lowest BCUT2D eigenvalue weighted by Gasteiger charge is -2.33. The minimum Gasteiger partial charge on any atom is -0.447 e. The first-order valence-electron chi connectivity index (χ1n) is 3.88. The smallest absolute Gasteiger partial charge is 0.408 e. The third kappa shape index (κ3) is 1.84. The summed E-state index contributed by atoms with van der Waals surface area (Å²) in [6.45, 7) is 2.22. The maximum atomic E-state index is 11.2. The average molecular weight is 199 g/mol. The number of ether oxygens (including phenoxy) is 1. The molecule has 0 bridgehead atoms. The van der Waals surface area contributed by atoms with E-state index in [9.17, 15) is 9.59 Å². The van der Waals surface area contributed by atoms with E-state index in [4.69, 9.17) is 4.74 Å². The van der Waals surface area contributed by atoms with Gasteiger partial charge in [-0.15, -0.1) is 0 Å². The second kappa shape index (κ2) is 3.40. The molecular weight excluding hydrogens is 188 g/mol. The van der Waals surface area contributed by atoms with Gasteiger partial charge in [-0.1, -0.05) is 10.2 Å². The van der Waals surface area contributed by atoms with Crippen molar-refractivity contribution in [1.29, 1.82) is 0 Å². The molecule has 1 aliphatic heterocycles. The van der Waals surface area contributed by atoms with Gasteiger partial charge in [0.1, 0.15) is 18.9 Å². The number of carbonyl (C=O) groups is 2. The lowest BCUT2D eigenvalue weighted by atomic mass is 10.3. The van der Waals surface area contributed by atoms with Gasteiger partial charge in [0.15, 0.2) is 0 Å². The Balaban J connectivity index is 2.84. The van der Waals surface area contributed by atoms with Crippen LogP contribution < -0.4 is 0 Å². The molecule has 1 unspecified atom stereocenters. The zero-order valence-electron chi connectivity index (χ0n) is 7.53. The van der Waals surface area contributed by atoms with Crippen LogP contribution in [0.2, 0.25) is 0 Å². The first kappa shape index (κ1) is 10.1. The van der Waals surface area contributed by atoms with Crippen LogP contribution in [0.4, 0.5) is 4.79 Å². The second-order valence-corrected chi connectivity index (χ2v) is 10.7. The Labute approximate surface area is 87.1 Å². The van der Waals surface area contributed by atoms with Crippen LogP contribution in [-0.2, 0) is 9.53 Å². The highest BCUT2D eigenvalue weighted by Gasteiger charge is 2.39. The van der Waals surface area contributed by atoms with Crippen molar-refractivity contribution < 1.29 is 14.3 Å². The van der Waals surface area contributed by atoms with E-state index >= 15 is 0 Å². The molecule has 1 heterocycles. The van der Waals surface area contributed by atoms with Gasteiger partial charge in [-0.3, -0.25) is 0 Å². The molecule has 4 nitrogen and oxygen atoms in total. The summed E-state index contributed by atoms with van der Waals surface area (Å²) in [7, 11) is 0. The molecule has 0 aromatic carbocycles. The Bertz CT molecular complexity index is 213. The van der Waals surface area contributed by atoms with E-state index in [1.807, 2.05) is 6.92 Å². The maximum Gasteiger partial charge on any atom is 0.408 e. The fourth-order valence-electron chi connectivity index (χ4n) is 1.31. The number of rotatable bonds is 2. The Morgan fingerprint density at radius 1 is 1.75 bits per heavy atom. The molecule has 0 N–H and O–H groups in total. The van der Waals surface area contributed by atoms with E-state index in [1.165, 1.54) is 0 Å². The number of cyclic esters (lactones) is 1. The van der Waals surface area contributed by atoms with Crippen LogP contribution in [-0.4, -0.2) is 65.8 Å². The molecule has 0 aromatic rings. The minimum atomic E-state index is -0.350. The zero-order chi connectivity index (χ0) is 9.35. The van der Waals surface area contributed by atoms with Crippen LogP contribution in [0.5, 0.6) is 0 Å². The summed E-state index contributed by atoms with van der Waals surface area (Å²) in [6, 6.07) is -0.350. The lowest BCUT2D eigenvalue weighted by Crippen LogP contribution is -2.52. The van der Waals surface area contributed by atoms with Gasteiger partial charge in [0, 0.05) is 0 Å². The van der Waals surface area contributed by atoms with Crippen LogP contribution in [0.25, 0.3) is 0 Å². The maximum absolute atomic E-state index is 11.2. The number of hydrogen-bond acceptors (Lipinski definition) is 3. The topological polar surface area (TPSA) is 46.6 Å². The van der Waals surface area contributed by atoms with Gasteiger partial charge in [0.25, 0.3) is 0 Å². The second-order valence-electron chi connectivity index (χ2n) is 3.82. The van der Waals surface area contributed by atoms with Crippen molar-refractivity contribution in [2.75, 3.05) is 6.61 Å². The van der Waals surface area contributed by atoms with Gasteiger partial charge in [0.2, 0.25) is 32.6 Å². The predicted octanol–water partition coefficient (Wildman–Crippen LogP) is -2.05. The first-order valence-corrected chi connectivity index (χ1v) is 5.88. The van der Waals surface area contributed by atoms with Crippen molar-refractivity contribution in [3.63, 3.8) is 0 Å². The summed E-state index contributed by atoms with van der Waals surface area (Å²) in [5.74, 6) is 0. The van der Waals surface area contributed by atoms with E-state index in [0.29, 0.717) is 0 Å². The third-order valence-corrected chi connectivity index (χ3v) is 2.75. The molecule has 0 saturated carbocycles. The van der Waals surface area contributed by atoms with Crippen molar-refractivity contribution in [1.82, 2.24) is 4.90 Å². The van der Waals surface area contributed by atoms with Crippen LogP contribution in [0.1, 0.15) is 6.92 Å². The van der Waals surface area contributed by atoms with Crippen molar-refractivity contribution >= 4 is 45.0 Å². The number of nitrogens with zero attached hydrogens (tertiary/aromatic N) is 1. The molecule has 0 radical (unpaired) electrons. The highest BCUT2D eigenvalue weighted by atomic mass is 27.1. The van der Waals surface area contributed by atoms with Gasteiger partial charge in [0.05, 0.1) is 0 Å². The molecule has 6 heteroatoms. The van der Waals surface area contributed by atoms with E-state index in [0.717, 1.165) is 38.9 Å². The molecule has 0 aliphatic carbocycles. The molecule has 64 valence electrons. The summed E-state index contributed by atoms with van der Waals surface area (Å²) in [5, 5.41) is 0. The summed E-state index contributed by atoms with van der Waals surface area (Å²) in [5.41, 5.74) is 0. The molecule has 1 aliphatic rings. The molecule has 1 amide bonds. The van der Waals surface area contributed by atoms with Crippen LogP contribution in [0.15, 0.2) is 0 Å². The van der Waals surface area contributed by atoms with Gasteiger partial charge in [-0.2, -0.15) is 0 Å². The SMILES string of the molecule is C[C]([AlH2])([AlH2])N1C(=O)OCC1C=O. The lowest BCUT2D eigenvalue weighted by molar-refractivity contribution is -0.111. The fourth-order valence-corrected chi connectivity index (χ4v) is 2.34. The minimum absolute atomic E-state index is 0.0703. The quantitative estimate of drug-likeness (QED) is 0.379. The highest BCUT2D eigenvalue weighted by molar-refractivity contribution is 6.40. The predicted molar refractivity (Wildman–Crippen MR) is 48.5 cm³/mol. The Kier molecular flexibility index (Phi) is 2.86. The van der Waals surface area contributed by atoms with Crippen molar-refractivity contribution in [2.45, 2.75) is 16.2 Å². The molecular formula is C6H11Al2NO3. The van der Waals surface area contributed by atoms with Crippen molar-refractivity contribution in [3.8, 4) is 0 Å². The third-order valence-electron chi connectivity index (χ3n) is 1.79. The number of carbonyl (C=O) groups excluding carboxylic acids is 2. The van der Waals surface area contributed by atoms with Gasteiger partial charge in [-0.25, -0.2) is 4.79 Å². The van der Waals surface area contributed by atoms with E-state index in [1.54, 1.807) is 4.90 Å². The van der Waals surface area contributed by atoms with Crippen LogP contribution >= 0.6 is 0 Å². The largest absolute Gasteiger partial charge is 0.447 e. The monoisotopic (exact) mass is 199 g/mol. The molecule has 0 spiro atoms. The standard InChI is InChI=1S/C6H7NO3.2Al.4H/c1-2-7-5(3-8)4-10-6(7)9;;;;;;/h3,5H,4H2,1H3;;;;;;. The number of hydrogen-bond donors (Lipinski definition) is 0. The van der Waals surface area contributed by atoms with Crippen molar-refractivity contribution in [2.24, 2.45) is 0 Å². The zero-order valence-corrected chi connectivity index (χ0v) is 11.5. The van der Waals surface area contributed by atoms with Crippen LogP contribution in [0, 0.1) is 0 Å². The summed E-state index contributed by atoms with van der Waals surface area (Å²) in [6.07, 6.45) is 0.457. The highest BCUT2D eigenvalue weighted by Crippen LogP contribution is 2.18. The van der Waals surface area contributed by atoms with E-state index in [-0.39, 0.29) is 22.0 Å². The molecule has 0 aromatic heterocycles. The average Bonchev–Trinajstić information content (AvgIpc) is 2.29. The molecule has 12 heavy (non-hydrogen) atoms. The summed E-state index contributed by atoms with van der Waals surface area (Å²) in [4.78, 5) is 23.3. The van der Waals surface area contributed by atoms with Crippen LogP contribution in [0.3, 0.4) is 0 Å². The normalized spacial score (nSPS) is 23.9. The fraction of sp³-hybridized carbons (Fsp3) is 0.667. The van der Waals surface area contributed by atoms with Gasteiger partial charge in [-0.05, 0) is 0 Å². The van der Waals surface area contributed by atoms with Gasteiger partial charge >= 0.3 is 6.09 Å². The molecule has 1 fully saturated rings. The molecule has 1 saturated heterocycles. The Morgan fingerprint density at radius 3 is 2.67 bits per heavy atom. The Hall–Kier alpha value is 0.00494.